The molecule has 0 radical (unpaired) electrons. The molecule has 0 unspecified atom stereocenters. The maximum absolute atomic E-state index is 13.8. The van der Waals surface area contributed by atoms with Crippen LogP contribution in [0.3, 0.4) is 0 Å². The normalized spacial score (nSPS) is 15.8. The highest BCUT2D eigenvalue weighted by Crippen LogP contribution is 2.38. The molecule has 0 saturated heterocycles. The van der Waals surface area contributed by atoms with Crippen molar-refractivity contribution in [3.05, 3.63) is 24.0 Å². The van der Waals surface area contributed by atoms with Gasteiger partial charge in [-0.1, -0.05) is 12.8 Å². The van der Waals surface area contributed by atoms with Crippen molar-refractivity contribution in [2.45, 2.75) is 32.6 Å². The molecule has 122 valence electrons. The van der Waals surface area contributed by atoms with Crippen LogP contribution in [0.2, 0.25) is 0 Å². The van der Waals surface area contributed by atoms with Crippen molar-refractivity contribution < 1.29 is 14.0 Å². The molecule has 0 aromatic heterocycles. The molecule has 0 heterocycles. The Bertz CT molecular complexity index is 560. The molecule has 1 aliphatic rings. The van der Waals surface area contributed by atoms with E-state index in [0.29, 0.717) is 5.69 Å². The van der Waals surface area contributed by atoms with Crippen molar-refractivity contribution in [1.82, 2.24) is 0 Å². The van der Waals surface area contributed by atoms with Gasteiger partial charge in [-0.2, -0.15) is 0 Å². The molecule has 0 atom stereocenters. The molecule has 1 aromatic rings. The maximum atomic E-state index is 13.8. The Morgan fingerprint density at radius 3 is 2.45 bits per heavy atom. The topological polar surface area (TPSA) is 84.2 Å². The van der Waals surface area contributed by atoms with E-state index in [1.54, 1.807) is 0 Å². The van der Waals surface area contributed by atoms with Crippen LogP contribution in [0.5, 0.6) is 0 Å². The van der Waals surface area contributed by atoms with Crippen molar-refractivity contribution in [3.8, 4) is 0 Å². The first-order valence-electron chi connectivity index (χ1n) is 7.05. The Kier molecular flexibility index (Phi) is 6.32. The Balaban J connectivity index is 0.00000242. The molecule has 1 aromatic carbocycles. The number of rotatable bonds is 4. The quantitative estimate of drug-likeness (QED) is 0.794. The highest BCUT2D eigenvalue weighted by molar-refractivity contribution is 5.97. The number of nitrogens with two attached hydrogens (primary N) is 1. The van der Waals surface area contributed by atoms with E-state index in [1.807, 2.05) is 0 Å². The minimum atomic E-state index is -0.601. The third-order valence-electron chi connectivity index (χ3n) is 3.97. The van der Waals surface area contributed by atoms with Gasteiger partial charge in [-0.15, -0.1) is 12.4 Å². The maximum Gasteiger partial charge on any atom is 0.231 e. The molecule has 1 fully saturated rings. The van der Waals surface area contributed by atoms with Gasteiger partial charge in [0.05, 0.1) is 11.1 Å². The average molecular weight is 330 g/mol. The van der Waals surface area contributed by atoms with Gasteiger partial charge >= 0.3 is 0 Å². The Hall–Kier alpha value is -1.66. The average Bonchev–Trinajstić information content (AvgIpc) is 2.92. The van der Waals surface area contributed by atoms with E-state index in [0.717, 1.165) is 25.7 Å². The van der Waals surface area contributed by atoms with E-state index in [9.17, 15) is 14.0 Å². The van der Waals surface area contributed by atoms with Gasteiger partial charge in [0, 0.05) is 19.2 Å². The zero-order chi connectivity index (χ0) is 15.5. The van der Waals surface area contributed by atoms with Crippen LogP contribution in [0.15, 0.2) is 18.2 Å². The summed E-state index contributed by atoms with van der Waals surface area (Å²) in [5.41, 5.74) is 5.64. The first-order chi connectivity index (χ1) is 9.97. The minimum absolute atomic E-state index is 0. The van der Waals surface area contributed by atoms with E-state index in [1.165, 1.54) is 25.1 Å². The van der Waals surface area contributed by atoms with Crippen LogP contribution in [0.4, 0.5) is 15.8 Å². The largest absolute Gasteiger partial charge is 0.329 e. The van der Waals surface area contributed by atoms with E-state index in [4.69, 9.17) is 5.73 Å². The van der Waals surface area contributed by atoms with Crippen LogP contribution >= 0.6 is 12.4 Å². The fraction of sp³-hybridized carbons (Fsp3) is 0.467. The molecule has 0 aliphatic heterocycles. The third kappa shape index (κ3) is 3.96. The second kappa shape index (κ2) is 7.56. The lowest BCUT2D eigenvalue weighted by atomic mass is 9.85. The van der Waals surface area contributed by atoms with Crippen LogP contribution in [-0.2, 0) is 9.59 Å². The van der Waals surface area contributed by atoms with Crippen LogP contribution in [-0.4, -0.2) is 18.4 Å². The number of halogens is 2. The van der Waals surface area contributed by atoms with Crippen LogP contribution in [0.25, 0.3) is 0 Å². The number of anilines is 2. The van der Waals surface area contributed by atoms with Crippen molar-refractivity contribution in [3.63, 3.8) is 0 Å². The molecular weight excluding hydrogens is 309 g/mol. The second-order valence-electron chi connectivity index (χ2n) is 5.52. The lowest BCUT2D eigenvalue weighted by molar-refractivity contribution is -0.124. The number of amides is 2. The number of carbonyl (C=O) groups is 2. The number of benzene rings is 1. The summed E-state index contributed by atoms with van der Waals surface area (Å²) in [7, 11) is 0. The van der Waals surface area contributed by atoms with Gasteiger partial charge < -0.3 is 16.4 Å². The first kappa shape index (κ1) is 18.4. The fourth-order valence-corrected chi connectivity index (χ4v) is 2.73. The lowest BCUT2D eigenvalue weighted by Crippen LogP contribution is -2.40. The molecule has 2 rings (SSSR count). The van der Waals surface area contributed by atoms with Crippen molar-refractivity contribution in [2.24, 2.45) is 11.1 Å². The van der Waals surface area contributed by atoms with Gasteiger partial charge in [0.25, 0.3) is 0 Å². The Morgan fingerprint density at radius 2 is 1.91 bits per heavy atom. The van der Waals surface area contributed by atoms with Gasteiger partial charge in [-0.05, 0) is 31.0 Å². The molecule has 5 nitrogen and oxygen atoms in total. The summed E-state index contributed by atoms with van der Waals surface area (Å²) in [5.74, 6) is -1.04. The standard InChI is InChI=1S/C15H20FN3O2.ClH/c1-10(20)18-11-4-5-12(16)13(8-11)19-14(21)15(9-17)6-2-3-7-15;/h4-5,8H,2-3,6-7,9,17H2,1H3,(H,18,20)(H,19,21);1H. The Labute approximate surface area is 135 Å². The SMILES string of the molecule is CC(=O)Nc1ccc(F)c(NC(=O)C2(CN)CCCC2)c1.Cl. The molecule has 7 heteroatoms. The van der Waals surface area contributed by atoms with Gasteiger partial charge in [-0.3, -0.25) is 9.59 Å². The smallest absolute Gasteiger partial charge is 0.231 e. The number of carbonyl (C=O) groups excluding carboxylic acids is 2. The van der Waals surface area contributed by atoms with Crippen molar-refractivity contribution in [2.75, 3.05) is 17.2 Å². The lowest BCUT2D eigenvalue weighted by Gasteiger charge is -2.25. The third-order valence-corrected chi connectivity index (χ3v) is 3.97. The van der Waals surface area contributed by atoms with Gasteiger partial charge in [-0.25, -0.2) is 4.39 Å². The summed E-state index contributed by atoms with van der Waals surface area (Å²) in [6.45, 7) is 1.62. The van der Waals surface area contributed by atoms with Crippen molar-refractivity contribution in [1.29, 1.82) is 0 Å². The minimum Gasteiger partial charge on any atom is -0.329 e. The van der Waals surface area contributed by atoms with E-state index >= 15 is 0 Å². The van der Waals surface area contributed by atoms with Crippen LogP contribution in [0, 0.1) is 11.2 Å². The number of nitrogens with one attached hydrogen (secondary N) is 2. The van der Waals surface area contributed by atoms with E-state index in [-0.39, 0.29) is 36.5 Å². The monoisotopic (exact) mass is 329 g/mol. The summed E-state index contributed by atoms with van der Waals surface area (Å²) in [4.78, 5) is 23.4. The molecule has 1 aliphatic carbocycles. The van der Waals surface area contributed by atoms with Gasteiger partial charge in [0.1, 0.15) is 5.82 Å². The van der Waals surface area contributed by atoms with Crippen LogP contribution < -0.4 is 16.4 Å². The molecule has 0 bridgehead atoms. The zero-order valence-electron chi connectivity index (χ0n) is 12.4. The number of hydrogen-bond donors (Lipinski definition) is 3. The summed E-state index contributed by atoms with van der Waals surface area (Å²) in [6.07, 6.45) is 3.36. The molecule has 22 heavy (non-hydrogen) atoms. The van der Waals surface area contributed by atoms with Crippen molar-refractivity contribution >= 4 is 35.6 Å². The van der Waals surface area contributed by atoms with E-state index in [2.05, 4.69) is 10.6 Å². The summed E-state index contributed by atoms with van der Waals surface area (Å²) >= 11 is 0. The van der Waals surface area contributed by atoms with Gasteiger partial charge in [0.2, 0.25) is 11.8 Å². The molecule has 4 N–H and O–H groups in total. The summed E-state index contributed by atoms with van der Waals surface area (Å²) < 4.78 is 13.8. The zero-order valence-corrected chi connectivity index (χ0v) is 13.3. The molecular formula is C15H21ClFN3O2. The summed E-state index contributed by atoms with van der Waals surface area (Å²) in [6, 6.07) is 4.07. The Morgan fingerprint density at radius 1 is 1.27 bits per heavy atom. The molecule has 2 amide bonds. The number of hydrogen-bond acceptors (Lipinski definition) is 3. The summed E-state index contributed by atoms with van der Waals surface area (Å²) in [5, 5.41) is 5.17. The molecule has 0 spiro atoms. The predicted molar refractivity (Wildman–Crippen MR) is 86.5 cm³/mol. The fourth-order valence-electron chi connectivity index (χ4n) is 2.73. The first-order valence-corrected chi connectivity index (χ1v) is 7.05. The predicted octanol–water partition coefficient (Wildman–Crippen LogP) is 2.66. The van der Waals surface area contributed by atoms with E-state index < -0.39 is 11.2 Å². The second-order valence-corrected chi connectivity index (χ2v) is 5.52. The van der Waals surface area contributed by atoms with Gasteiger partial charge in [0.15, 0.2) is 0 Å². The highest BCUT2D eigenvalue weighted by Gasteiger charge is 2.40. The highest BCUT2D eigenvalue weighted by atomic mass is 35.5. The molecule has 1 saturated carbocycles. The van der Waals surface area contributed by atoms with Crippen LogP contribution in [0.1, 0.15) is 32.6 Å².